The fraction of sp³-hybridized carbons (Fsp3) is 0. The Labute approximate surface area is 241 Å². The Hall–Kier alpha value is -4.60. The third-order valence-electron chi connectivity index (χ3n) is 7.41. The van der Waals surface area contributed by atoms with Crippen molar-refractivity contribution in [3.8, 4) is 11.5 Å². The van der Waals surface area contributed by atoms with Crippen LogP contribution in [0.5, 0.6) is 11.5 Å². The van der Waals surface area contributed by atoms with Gasteiger partial charge in [-0.2, -0.15) is 0 Å². The molecule has 0 radical (unpaired) electrons. The average molecular weight is 729 g/mol. The molecule has 0 bridgehead atoms. The molecule has 0 spiro atoms. The van der Waals surface area contributed by atoms with Gasteiger partial charge in [0, 0.05) is 0 Å². The van der Waals surface area contributed by atoms with Crippen molar-refractivity contribution >= 4 is 51.3 Å². The van der Waals surface area contributed by atoms with Gasteiger partial charge in [0.2, 0.25) is 0 Å². The molecule has 2 aromatic heterocycles. The summed E-state index contributed by atoms with van der Waals surface area (Å²) >= 11 is -5.75. The number of nitrogens with zero attached hydrogens (tertiary/aromatic N) is 2. The molecule has 0 amide bonds. The summed E-state index contributed by atoms with van der Waals surface area (Å²) in [6.45, 7) is 0. The minimum absolute atomic E-state index is 0.681. The third kappa shape index (κ3) is 4.16. The third-order valence-corrected chi connectivity index (χ3v) is 26.1. The van der Waals surface area contributed by atoms with Gasteiger partial charge in [-0.15, -0.1) is 0 Å². The van der Waals surface area contributed by atoms with E-state index in [1.807, 2.05) is 67.0 Å². The van der Waals surface area contributed by atoms with Crippen molar-refractivity contribution in [3.63, 3.8) is 0 Å². The second kappa shape index (κ2) is 10.4. The van der Waals surface area contributed by atoms with Crippen LogP contribution in [0.2, 0.25) is 0 Å². The average Bonchev–Trinajstić information content (AvgIpc) is 3.06. The second-order valence-corrected chi connectivity index (χ2v) is 24.7. The molecule has 0 aliphatic heterocycles. The molecule has 5 aromatic carbocycles. The molecule has 0 atom stereocenters. The zero-order valence-electron chi connectivity index (χ0n) is 22.2. The number of hydrogen-bond acceptors (Lipinski definition) is 4. The molecule has 41 heavy (non-hydrogen) atoms. The van der Waals surface area contributed by atoms with Crippen molar-refractivity contribution in [2.45, 2.75) is 0 Å². The van der Waals surface area contributed by atoms with Crippen LogP contribution in [-0.2, 0) is 0 Å². The van der Waals surface area contributed by atoms with E-state index in [-0.39, 0.29) is 0 Å². The summed E-state index contributed by atoms with van der Waals surface area (Å²) in [6.07, 6.45) is 3.62. The van der Waals surface area contributed by atoms with Gasteiger partial charge in [0.1, 0.15) is 0 Å². The number of benzene rings is 5. The zero-order chi connectivity index (χ0) is 27.6. The van der Waals surface area contributed by atoms with Gasteiger partial charge in [-0.25, -0.2) is 0 Å². The molecule has 4 nitrogen and oxygen atoms in total. The zero-order valence-corrected chi connectivity index (χ0v) is 25.7. The first-order chi connectivity index (χ1) is 20.3. The summed E-state index contributed by atoms with van der Waals surface area (Å²) in [4.78, 5) is 9.55. The Morgan fingerprint density at radius 3 is 1.12 bits per heavy atom. The fourth-order valence-electron chi connectivity index (χ4n) is 5.55. The Kier molecular flexibility index (Phi) is 6.45. The Morgan fingerprint density at radius 2 is 0.732 bits per heavy atom. The fourth-order valence-corrected chi connectivity index (χ4v) is 24.0. The quantitative estimate of drug-likeness (QED) is 0.180. The molecule has 5 heteroatoms. The van der Waals surface area contributed by atoms with Crippen LogP contribution in [0.25, 0.3) is 21.8 Å². The predicted octanol–water partition coefficient (Wildman–Crippen LogP) is 6.36. The molecule has 0 saturated heterocycles. The van der Waals surface area contributed by atoms with Crippen LogP contribution in [0, 0.1) is 0 Å². The topological polar surface area (TPSA) is 44.2 Å². The van der Waals surface area contributed by atoms with Crippen molar-refractivity contribution in [1.29, 1.82) is 0 Å². The molecule has 7 aromatic rings. The van der Waals surface area contributed by atoms with Crippen molar-refractivity contribution < 1.29 is 5.63 Å². The van der Waals surface area contributed by atoms with Gasteiger partial charge in [0.15, 0.2) is 0 Å². The van der Waals surface area contributed by atoms with Crippen LogP contribution >= 0.6 is 0 Å². The number of hydrogen-bond donors (Lipinski definition) is 0. The van der Waals surface area contributed by atoms with E-state index in [4.69, 9.17) is 15.6 Å². The predicted molar refractivity (Wildman–Crippen MR) is 169 cm³/mol. The van der Waals surface area contributed by atoms with Crippen molar-refractivity contribution in [2.24, 2.45) is 0 Å². The van der Waals surface area contributed by atoms with E-state index in [1.165, 1.54) is 0 Å². The monoisotopic (exact) mass is 728 g/mol. The Morgan fingerprint density at radius 1 is 0.366 bits per heavy atom. The van der Waals surface area contributed by atoms with Crippen LogP contribution in [-0.4, -0.2) is 29.6 Å². The van der Waals surface area contributed by atoms with Crippen molar-refractivity contribution in [1.82, 2.24) is 9.97 Å². The summed E-state index contributed by atoms with van der Waals surface area (Å²) < 4.78 is 18.5. The minimum atomic E-state index is -5.75. The van der Waals surface area contributed by atoms with Crippen LogP contribution in [0.1, 0.15) is 0 Å². The van der Waals surface area contributed by atoms with Crippen LogP contribution in [0.3, 0.4) is 0 Å². The van der Waals surface area contributed by atoms with Gasteiger partial charge in [-0.3, -0.25) is 0 Å². The molecule has 2 heterocycles. The molecule has 0 aliphatic rings. The molecule has 0 fully saturated rings. The maximum atomic E-state index is 7.72. The van der Waals surface area contributed by atoms with Gasteiger partial charge < -0.3 is 0 Å². The van der Waals surface area contributed by atoms with Crippen LogP contribution in [0.15, 0.2) is 164 Å². The van der Waals surface area contributed by atoms with Crippen molar-refractivity contribution in [3.05, 3.63) is 164 Å². The standard InChI is InChI=1S/2C9H7NO.3C6H5.Bi/c2*11-8-5-1-3-7-4-2-6-10-9(7)8;3*1-2-4-6-5-3-1;/h2*1-6,11H;3*1-5H;/q;;;;;+2/p-2. The number of fused-ring (bicyclic) bond motifs is 2. The summed E-state index contributed by atoms with van der Waals surface area (Å²) in [5.41, 5.74) is 1.58. The molecular formula is C36H27BiN2O2. The van der Waals surface area contributed by atoms with Gasteiger partial charge in [0.05, 0.1) is 0 Å². The van der Waals surface area contributed by atoms with Gasteiger partial charge in [-0.1, -0.05) is 0 Å². The van der Waals surface area contributed by atoms with E-state index in [0.717, 1.165) is 31.6 Å². The molecule has 0 aliphatic carbocycles. The summed E-state index contributed by atoms with van der Waals surface area (Å²) in [7, 11) is 0. The van der Waals surface area contributed by atoms with E-state index < -0.39 is 19.7 Å². The first-order valence-corrected chi connectivity index (χ1v) is 21.6. The van der Waals surface area contributed by atoms with Gasteiger partial charge in [-0.05, 0) is 0 Å². The van der Waals surface area contributed by atoms with E-state index in [0.29, 0.717) is 11.5 Å². The number of rotatable bonds is 7. The van der Waals surface area contributed by atoms with Crippen molar-refractivity contribution in [2.75, 3.05) is 0 Å². The van der Waals surface area contributed by atoms with Gasteiger partial charge >= 0.3 is 242 Å². The molecule has 0 N–H and O–H groups in total. The van der Waals surface area contributed by atoms with E-state index in [1.54, 1.807) is 0 Å². The van der Waals surface area contributed by atoms with Gasteiger partial charge in [0.25, 0.3) is 0 Å². The first-order valence-electron chi connectivity index (χ1n) is 13.5. The van der Waals surface area contributed by atoms with E-state index >= 15 is 0 Å². The van der Waals surface area contributed by atoms with Crippen LogP contribution in [0.4, 0.5) is 0 Å². The van der Waals surface area contributed by atoms with Crippen LogP contribution < -0.4 is 15.4 Å². The molecule has 198 valence electrons. The molecular weight excluding hydrogens is 701 g/mol. The molecule has 7 rings (SSSR count). The number of pyridine rings is 2. The maximum absolute atomic E-state index is 7.72. The summed E-state index contributed by atoms with van der Waals surface area (Å²) in [5, 5.41) is 2.00. The first kappa shape index (κ1) is 25.4. The Balaban J connectivity index is 1.66. The number of para-hydroxylation sites is 2. The SMILES string of the molecule is c1cc[c]([Bi]([O]c2cccc3cccnc23)([O]c2cccc3cccnc23)([c]2ccccc2)[c]2ccccc2)cc1. The summed E-state index contributed by atoms with van der Waals surface area (Å²) in [5.74, 6) is 1.36. The number of aromatic nitrogens is 2. The normalized spacial score (nSPS) is 12.4. The molecule has 0 unspecified atom stereocenters. The Bertz CT molecular complexity index is 1770. The van der Waals surface area contributed by atoms with E-state index in [9.17, 15) is 0 Å². The summed E-state index contributed by atoms with van der Waals surface area (Å²) in [6, 6.07) is 51.5. The van der Waals surface area contributed by atoms with E-state index in [2.05, 4.69) is 97.1 Å². The second-order valence-electron chi connectivity index (χ2n) is 9.81. The molecule has 0 saturated carbocycles.